The van der Waals surface area contributed by atoms with Gasteiger partial charge in [0.1, 0.15) is 11.5 Å². The molecule has 0 aliphatic rings. The first kappa shape index (κ1) is 21.7. The minimum Gasteiger partial charge on any atom is -0.423 e. The quantitative estimate of drug-likeness (QED) is 0.170. The highest BCUT2D eigenvalue weighted by Gasteiger charge is 2.09. The van der Waals surface area contributed by atoms with Gasteiger partial charge in [0.15, 0.2) is 0 Å². The molecule has 0 radical (unpaired) electrons. The third-order valence-corrected chi connectivity index (χ3v) is 6.74. The number of benzene rings is 4. The van der Waals surface area contributed by atoms with Crippen molar-refractivity contribution >= 4 is 33.5 Å². The van der Waals surface area contributed by atoms with Crippen LogP contribution in [-0.4, -0.2) is 11.9 Å². The van der Waals surface area contributed by atoms with E-state index in [1.807, 2.05) is 36.4 Å². The first-order chi connectivity index (χ1) is 15.7. The van der Waals surface area contributed by atoms with Gasteiger partial charge in [0, 0.05) is 9.79 Å². The van der Waals surface area contributed by atoms with Crippen molar-refractivity contribution in [3.05, 3.63) is 120 Å². The van der Waals surface area contributed by atoms with E-state index >= 15 is 0 Å². The molecule has 0 saturated carbocycles. The van der Waals surface area contributed by atoms with E-state index < -0.39 is 0 Å². The first-order valence-electron chi connectivity index (χ1n) is 9.76. The van der Waals surface area contributed by atoms with Crippen molar-refractivity contribution in [1.82, 2.24) is 0 Å². The van der Waals surface area contributed by atoms with Crippen molar-refractivity contribution in [1.29, 1.82) is 0 Å². The Morgan fingerprint density at radius 3 is 1.16 bits per heavy atom. The van der Waals surface area contributed by atoms with E-state index in [-0.39, 0.29) is 11.9 Å². The molecule has 6 heteroatoms. The lowest BCUT2D eigenvalue weighted by Gasteiger charge is -2.07. The van der Waals surface area contributed by atoms with Gasteiger partial charge in [-0.05, 0) is 72.8 Å². The largest absolute Gasteiger partial charge is 0.423 e. The molecule has 4 rings (SSSR count). The molecule has 0 amide bonds. The summed E-state index contributed by atoms with van der Waals surface area (Å²) in [5.41, 5.74) is 1.03. The summed E-state index contributed by atoms with van der Waals surface area (Å²) in [6, 6.07) is 32.5. The molecule has 4 nitrogen and oxygen atoms in total. The van der Waals surface area contributed by atoms with Crippen LogP contribution in [0.3, 0.4) is 0 Å². The highest BCUT2D eigenvalue weighted by atomic mass is 33.1. The van der Waals surface area contributed by atoms with Crippen LogP contribution in [0.1, 0.15) is 20.7 Å². The summed E-state index contributed by atoms with van der Waals surface area (Å²) >= 11 is 0. The molecule has 0 N–H and O–H groups in total. The smallest absolute Gasteiger partial charge is 0.343 e. The Morgan fingerprint density at radius 2 is 0.812 bits per heavy atom. The zero-order chi connectivity index (χ0) is 22.2. The molecule has 0 unspecified atom stereocenters. The van der Waals surface area contributed by atoms with Crippen LogP contribution in [0.4, 0.5) is 0 Å². The second-order valence-corrected chi connectivity index (χ2v) is 8.90. The molecule has 0 bridgehead atoms. The number of esters is 2. The van der Waals surface area contributed by atoms with Crippen LogP contribution in [0.25, 0.3) is 0 Å². The van der Waals surface area contributed by atoms with Gasteiger partial charge in [-0.1, -0.05) is 58.0 Å². The molecule has 0 fully saturated rings. The molecule has 158 valence electrons. The van der Waals surface area contributed by atoms with Crippen molar-refractivity contribution in [2.24, 2.45) is 0 Å². The number of ether oxygens (including phenoxy) is 2. The van der Waals surface area contributed by atoms with Gasteiger partial charge in [0.25, 0.3) is 0 Å². The topological polar surface area (TPSA) is 52.6 Å². The molecule has 0 atom stereocenters. The molecular formula is C26H18O4S2. The number of hydrogen-bond acceptors (Lipinski definition) is 6. The Bertz CT molecular complexity index is 1080. The van der Waals surface area contributed by atoms with Crippen molar-refractivity contribution in [2.45, 2.75) is 9.79 Å². The first-order valence-corrected chi connectivity index (χ1v) is 11.9. The minimum atomic E-state index is -0.381. The third-order valence-electron chi connectivity index (χ3n) is 4.32. The maximum Gasteiger partial charge on any atom is 0.343 e. The van der Waals surface area contributed by atoms with Gasteiger partial charge in [-0.25, -0.2) is 9.59 Å². The van der Waals surface area contributed by atoms with Crippen LogP contribution < -0.4 is 9.47 Å². The van der Waals surface area contributed by atoms with Gasteiger partial charge >= 0.3 is 11.9 Å². The van der Waals surface area contributed by atoms with Crippen molar-refractivity contribution in [2.75, 3.05) is 0 Å². The predicted molar refractivity (Wildman–Crippen MR) is 127 cm³/mol. The molecule has 0 saturated heterocycles. The zero-order valence-corrected chi connectivity index (χ0v) is 18.5. The van der Waals surface area contributed by atoms with Gasteiger partial charge in [-0.15, -0.1) is 0 Å². The number of rotatable bonds is 7. The SMILES string of the molecule is O=C(Oc1ccc(SSc2ccc(OC(=O)c3ccccc3)cc2)cc1)c1ccccc1. The molecule has 0 aliphatic heterocycles. The zero-order valence-electron chi connectivity index (χ0n) is 16.8. The molecule has 0 heterocycles. The Hall–Kier alpha value is -3.48. The fraction of sp³-hybridized carbons (Fsp3) is 0. The van der Waals surface area contributed by atoms with E-state index in [4.69, 9.17) is 9.47 Å². The molecule has 0 spiro atoms. The van der Waals surface area contributed by atoms with E-state index in [1.165, 1.54) is 0 Å². The minimum absolute atomic E-state index is 0.381. The van der Waals surface area contributed by atoms with Crippen LogP contribution >= 0.6 is 21.6 Å². The van der Waals surface area contributed by atoms with Crippen LogP contribution in [0, 0.1) is 0 Å². The highest BCUT2D eigenvalue weighted by molar-refractivity contribution is 8.76. The molecule has 0 aromatic heterocycles. The summed E-state index contributed by atoms with van der Waals surface area (Å²) in [5.74, 6) is 0.234. The van der Waals surface area contributed by atoms with Crippen molar-refractivity contribution < 1.29 is 19.1 Å². The number of carbonyl (C=O) groups is 2. The summed E-state index contributed by atoms with van der Waals surface area (Å²) in [7, 11) is 3.17. The molecule has 4 aromatic rings. The second kappa shape index (κ2) is 10.7. The van der Waals surface area contributed by atoms with Crippen molar-refractivity contribution in [3.63, 3.8) is 0 Å². The normalized spacial score (nSPS) is 10.4. The van der Waals surface area contributed by atoms with E-state index in [9.17, 15) is 9.59 Å². The van der Waals surface area contributed by atoms with E-state index in [0.717, 1.165) is 9.79 Å². The van der Waals surface area contributed by atoms with E-state index in [0.29, 0.717) is 22.6 Å². The van der Waals surface area contributed by atoms with E-state index in [2.05, 4.69) is 0 Å². The van der Waals surface area contributed by atoms with E-state index in [1.54, 1.807) is 94.4 Å². The summed E-state index contributed by atoms with van der Waals surface area (Å²) in [6.07, 6.45) is 0. The maximum atomic E-state index is 12.1. The van der Waals surface area contributed by atoms with Crippen LogP contribution in [0.2, 0.25) is 0 Å². The highest BCUT2D eigenvalue weighted by Crippen LogP contribution is 2.38. The molecule has 0 aliphatic carbocycles. The lowest BCUT2D eigenvalue weighted by atomic mass is 10.2. The monoisotopic (exact) mass is 458 g/mol. The standard InChI is InChI=1S/C26H18O4S2/c27-25(19-7-3-1-4-8-19)29-21-11-15-23(16-12-21)31-32-24-17-13-22(14-18-24)30-26(28)20-9-5-2-6-10-20/h1-18H. The maximum absolute atomic E-state index is 12.1. The van der Waals surface area contributed by atoms with Crippen LogP contribution in [0.15, 0.2) is 119 Å². The average Bonchev–Trinajstić information content (AvgIpc) is 2.85. The lowest BCUT2D eigenvalue weighted by molar-refractivity contribution is 0.0725. The van der Waals surface area contributed by atoms with Gasteiger partial charge < -0.3 is 9.47 Å². The summed E-state index contributed by atoms with van der Waals surface area (Å²) in [5, 5.41) is 0. The van der Waals surface area contributed by atoms with Crippen LogP contribution in [-0.2, 0) is 0 Å². The molecular weight excluding hydrogens is 440 g/mol. The van der Waals surface area contributed by atoms with Crippen molar-refractivity contribution in [3.8, 4) is 11.5 Å². The Balaban J connectivity index is 1.28. The van der Waals surface area contributed by atoms with Gasteiger partial charge in [-0.2, -0.15) is 0 Å². The van der Waals surface area contributed by atoms with Gasteiger partial charge in [0.2, 0.25) is 0 Å². The summed E-state index contributed by atoms with van der Waals surface area (Å²) in [4.78, 5) is 26.3. The summed E-state index contributed by atoms with van der Waals surface area (Å²) < 4.78 is 10.8. The Labute approximate surface area is 194 Å². The fourth-order valence-corrected chi connectivity index (χ4v) is 4.63. The summed E-state index contributed by atoms with van der Waals surface area (Å²) in [6.45, 7) is 0. The second-order valence-electron chi connectivity index (χ2n) is 6.62. The molecule has 32 heavy (non-hydrogen) atoms. The van der Waals surface area contributed by atoms with Gasteiger partial charge in [0.05, 0.1) is 11.1 Å². The van der Waals surface area contributed by atoms with Crippen LogP contribution in [0.5, 0.6) is 11.5 Å². The number of hydrogen-bond donors (Lipinski definition) is 0. The predicted octanol–water partition coefficient (Wildman–Crippen LogP) is 6.92. The Morgan fingerprint density at radius 1 is 0.469 bits per heavy atom. The molecule has 4 aromatic carbocycles. The Kier molecular flexibility index (Phi) is 7.27. The lowest BCUT2D eigenvalue weighted by Crippen LogP contribution is -2.07. The fourth-order valence-electron chi connectivity index (χ4n) is 2.70. The number of carbonyl (C=O) groups excluding carboxylic acids is 2. The third kappa shape index (κ3) is 6.03. The average molecular weight is 459 g/mol. The van der Waals surface area contributed by atoms with Gasteiger partial charge in [-0.3, -0.25) is 0 Å².